The number of ether oxygens (including phenoxy) is 1. The van der Waals surface area contributed by atoms with Crippen LogP contribution in [-0.2, 0) is 12.5 Å². The van der Waals surface area contributed by atoms with E-state index in [2.05, 4.69) is 11.7 Å². The topological polar surface area (TPSA) is 9.23 Å². The molecule has 51 heavy (non-hydrogen) atoms. The summed E-state index contributed by atoms with van der Waals surface area (Å²) in [5, 5.41) is 0. The van der Waals surface area contributed by atoms with Crippen molar-refractivity contribution in [2.24, 2.45) is 0 Å². The highest BCUT2D eigenvalue weighted by atomic mass is 19.4. The largest absolute Gasteiger partial charge is 0.432 e. The molecule has 0 fully saturated rings. The van der Waals surface area contributed by atoms with E-state index >= 15 is 8.78 Å². The van der Waals surface area contributed by atoms with Crippen LogP contribution in [0.5, 0.6) is 5.75 Å². The van der Waals surface area contributed by atoms with Crippen LogP contribution in [0.4, 0.5) is 48.3 Å². The number of allylic oxidation sites excluding steroid dienone is 1. The van der Waals surface area contributed by atoms with Gasteiger partial charge in [-0.25, -0.2) is 26.3 Å². The third kappa shape index (κ3) is 8.79. The normalized spacial score (nSPS) is 12.2. The number of hydrogen-bond donors (Lipinski definition) is 0. The van der Waals surface area contributed by atoms with Gasteiger partial charge in [-0.1, -0.05) is 68.3 Å². The molecule has 0 aliphatic carbocycles. The highest BCUT2D eigenvalue weighted by molar-refractivity contribution is 5.74. The van der Waals surface area contributed by atoms with Crippen LogP contribution in [0, 0.1) is 34.9 Å². The molecule has 0 heterocycles. The summed E-state index contributed by atoms with van der Waals surface area (Å²) in [6.45, 7) is 2.12. The molecule has 0 aromatic heterocycles. The van der Waals surface area contributed by atoms with Gasteiger partial charge in [0.25, 0.3) is 0 Å². The maximum atomic E-state index is 15.3. The molecule has 0 unspecified atom stereocenters. The second-order valence-corrected chi connectivity index (χ2v) is 11.7. The fourth-order valence-corrected chi connectivity index (χ4v) is 5.45. The van der Waals surface area contributed by atoms with Gasteiger partial charge in [-0.15, -0.1) is 0 Å². The molecule has 5 aromatic rings. The second-order valence-electron chi connectivity index (χ2n) is 11.7. The molecule has 0 saturated carbocycles. The van der Waals surface area contributed by atoms with Gasteiger partial charge in [-0.3, -0.25) is 0 Å². The third-order valence-electron chi connectivity index (χ3n) is 7.99. The first-order chi connectivity index (χ1) is 24.1. The molecule has 0 atom stereocenters. The zero-order valence-electron chi connectivity index (χ0n) is 26.6. The van der Waals surface area contributed by atoms with Crippen molar-refractivity contribution in [1.29, 1.82) is 0 Å². The van der Waals surface area contributed by atoms with Crippen molar-refractivity contribution in [3.63, 3.8) is 0 Å². The molecule has 0 radical (unpaired) electrons. The number of alkyl halides is 5. The minimum absolute atomic E-state index is 0.0260. The number of aryl methyl sites for hydroxylation is 1. The highest BCUT2D eigenvalue weighted by Crippen LogP contribution is 2.39. The molecular formula is C39H27F11O. The number of halogens is 11. The van der Waals surface area contributed by atoms with Crippen LogP contribution >= 0.6 is 0 Å². The Morgan fingerprint density at radius 1 is 0.549 bits per heavy atom. The molecule has 5 rings (SSSR count). The molecule has 12 heteroatoms. The molecule has 0 bridgehead atoms. The molecular weight excluding hydrogens is 693 g/mol. The van der Waals surface area contributed by atoms with Gasteiger partial charge in [0.05, 0.1) is 0 Å². The third-order valence-corrected chi connectivity index (χ3v) is 7.99. The van der Waals surface area contributed by atoms with Crippen LogP contribution in [0.1, 0.15) is 42.9 Å². The summed E-state index contributed by atoms with van der Waals surface area (Å²) in [6, 6.07) is 16.4. The van der Waals surface area contributed by atoms with E-state index in [0.29, 0.717) is 17.7 Å². The maximum Gasteiger partial charge on any atom is 0.432 e. The predicted molar refractivity (Wildman–Crippen MR) is 172 cm³/mol. The summed E-state index contributed by atoms with van der Waals surface area (Å²) in [5.74, 6) is -10.3. The summed E-state index contributed by atoms with van der Waals surface area (Å²) in [7, 11) is 0. The summed E-state index contributed by atoms with van der Waals surface area (Å²) < 4.78 is 160. The fourth-order valence-electron chi connectivity index (χ4n) is 5.45. The summed E-state index contributed by atoms with van der Waals surface area (Å²) in [4.78, 5) is 0. The van der Waals surface area contributed by atoms with Gasteiger partial charge in [0.15, 0.2) is 0 Å². The average molecular weight is 721 g/mol. The Morgan fingerprint density at radius 2 is 1.06 bits per heavy atom. The molecule has 0 amide bonds. The fraction of sp³-hybridized carbons (Fsp3) is 0.179. The van der Waals surface area contributed by atoms with Gasteiger partial charge in [0.2, 0.25) is 0 Å². The van der Waals surface area contributed by atoms with Gasteiger partial charge < -0.3 is 4.74 Å². The van der Waals surface area contributed by atoms with Gasteiger partial charge in [-0.05, 0) is 71.0 Å². The smallest absolute Gasteiger partial charge is 0.429 e. The molecule has 0 aliphatic rings. The van der Waals surface area contributed by atoms with Crippen LogP contribution in [0.25, 0.3) is 39.5 Å². The van der Waals surface area contributed by atoms with E-state index in [0.717, 1.165) is 48.9 Å². The first kappa shape index (κ1) is 37.1. The quantitative estimate of drug-likeness (QED) is 0.0975. The Hall–Kier alpha value is -5.13. The minimum Gasteiger partial charge on any atom is -0.429 e. The van der Waals surface area contributed by atoms with Crippen molar-refractivity contribution in [3.05, 3.63) is 143 Å². The van der Waals surface area contributed by atoms with E-state index < -0.39 is 81.3 Å². The summed E-state index contributed by atoms with van der Waals surface area (Å²) in [6.07, 6.45) is -6.05. The van der Waals surface area contributed by atoms with E-state index in [4.69, 9.17) is 0 Å². The Labute approximate surface area is 285 Å². The van der Waals surface area contributed by atoms with Crippen molar-refractivity contribution in [2.45, 2.75) is 44.9 Å². The molecule has 266 valence electrons. The average Bonchev–Trinajstić information content (AvgIpc) is 3.03. The number of rotatable bonds is 11. The lowest BCUT2D eigenvalue weighted by Gasteiger charge is -2.20. The Balaban J connectivity index is 1.35. The monoisotopic (exact) mass is 720 g/mol. The van der Waals surface area contributed by atoms with Crippen LogP contribution in [0.15, 0.2) is 91.0 Å². The van der Waals surface area contributed by atoms with Crippen molar-refractivity contribution in [3.8, 4) is 39.1 Å². The van der Waals surface area contributed by atoms with E-state index in [-0.39, 0.29) is 29.3 Å². The van der Waals surface area contributed by atoms with Crippen molar-refractivity contribution in [2.75, 3.05) is 0 Å². The first-order valence-corrected chi connectivity index (χ1v) is 15.6. The summed E-state index contributed by atoms with van der Waals surface area (Å²) in [5.41, 5.74) is -1.50. The lowest BCUT2D eigenvalue weighted by atomic mass is 9.96. The predicted octanol–water partition coefficient (Wildman–Crippen LogP) is 13.0. The Kier molecular flexibility index (Phi) is 10.9. The van der Waals surface area contributed by atoms with E-state index in [1.807, 2.05) is 24.3 Å². The number of hydrogen-bond acceptors (Lipinski definition) is 1. The molecule has 0 N–H and O–H groups in total. The van der Waals surface area contributed by atoms with E-state index in [1.165, 1.54) is 18.2 Å². The molecule has 0 aliphatic heterocycles. The van der Waals surface area contributed by atoms with E-state index in [1.54, 1.807) is 6.07 Å². The van der Waals surface area contributed by atoms with Gasteiger partial charge in [0.1, 0.15) is 46.2 Å². The lowest BCUT2D eigenvalue weighted by Crippen LogP contribution is -2.25. The Bertz CT molecular complexity index is 2020. The SMILES string of the molecule is CCCCCc1ccc(-c2ccc(-c3ccc(-c4cc(F)c(C(F)(F)Oc5cc(F)c(C=CC(F)(F)F)c(F)c5)c(F)c4)c(F)c3)c(F)c2)cc1. The molecule has 0 saturated heterocycles. The molecule has 1 nitrogen and oxygen atoms in total. The number of unbranched alkanes of at least 4 members (excludes halogenated alkanes) is 2. The van der Waals surface area contributed by atoms with Crippen molar-refractivity contribution in [1.82, 2.24) is 0 Å². The van der Waals surface area contributed by atoms with Crippen LogP contribution in [0.3, 0.4) is 0 Å². The van der Waals surface area contributed by atoms with Gasteiger partial charge in [-0.2, -0.15) is 22.0 Å². The Morgan fingerprint density at radius 3 is 1.61 bits per heavy atom. The zero-order chi connectivity index (χ0) is 37.1. The molecule has 0 spiro atoms. The zero-order valence-corrected chi connectivity index (χ0v) is 26.6. The van der Waals surface area contributed by atoms with Gasteiger partial charge in [0, 0.05) is 34.9 Å². The van der Waals surface area contributed by atoms with Crippen molar-refractivity contribution >= 4 is 6.08 Å². The van der Waals surface area contributed by atoms with Crippen molar-refractivity contribution < 1.29 is 53.0 Å². The molecule has 5 aromatic carbocycles. The lowest BCUT2D eigenvalue weighted by molar-refractivity contribution is -0.189. The van der Waals surface area contributed by atoms with Crippen LogP contribution in [-0.4, -0.2) is 6.18 Å². The highest BCUT2D eigenvalue weighted by Gasteiger charge is 2.41. The second kappa shape index (κ2) is 15.0. The van der Waals surface area contributed by atoms with Gasteiger partial charge >= 0.3 is 12.3 Å². The first-order valence-electron chi connectivity index (χ1n) is 15.6. The minimum atomic E-state index is -4.93. The summed E-state index contributed by atoms with van der Waals surface area (Å²) >= 11 is 0. The standard InChI is InChI=1S/C39H27F11O/c1-2-3-4-5-22-6-8-23(9-7-22)24-10-12-28(31(40)16-24)25-11-13-29(32(41)17-25)26-18-35(44)37(36(45)19-26)39(49,50)51-27-20-33(42)30(34(43)21-27)14-15-38(46,47)48/h6-21H,2-5H2,1H3. The maximum absolute atomic E-state index is 15.3. The van der Waals surface area contributed by atoms with Crippen LogP contribution < -0.4 is 4.74 Å². The van der Waals surface area contributed by atoms with E-state index in [9.17, 15) is 39.5 Å². The van der Waals surface area contributed by atoms with Crippen LogP contribution in [0.2, 0.25) is 0 Å². The number of benzene rings is 5.